The summed E-state index contributed by atoms with van der Waals surface area (Å²) in [5, 5.41) is 8.88. The Morgan fingerprint density at radius 3 is 2.83 bits per heavy atom. The summed E-state index contributed by atoms with van der Waals surface area (Å²) in [6, 6.07) is 13.6. The molecular formula is C22H18ClN3O2S2. The number of amides is 1. The molecule has 8 heteroatoms. The van der Waals surface area contributed by atoms with Gasteiger partial charge >= 0.3 is 0 Å². The summed E-state index contributed by atoms with van der Waals surface area (Å²) < 4.78 is 5.37. The van der Waals surface area contributed by atoms with Gasteiger partial charge in [-0.05, 0) is 59.1 Å². The van der Waals surface area contributed by atoms with Crippen molar-refractivity contribution in [3.05, 3.63) is 79.5 Å². The third-order valence-corrected chi connectivity index (χ3v) is 7.40. The minimum Gasteiger partial charge on any atom is -0.339 e. The van der Waals surface area contributed by atoms with Gasteiger partial charge in [0.2, 0.25) is 17.6 Å². The molecule has 0 radical (unpaired) electrons. The lowest BCUT2D eigenvalue weighted by atomic mass is 9.98. The molecule has 1 aromatic carbocycles. The zero-order chi connectivity index (χ0) is 20.5. The van der Waals surface area contributed by atoms with E-state index in [1.807, 2.05) is 23.1 Å². The molecule has 1 amide bonds. The summed E-state index contributed by atoms with van der Waals surface area (Å²) in [6.45, 7) is 0.731. The third kappa shape index (κ3) is 3.80. The van der Waals surface area contributed by atoms with Crippen LogP contribution in [0.2, 0.25) is 5.02 Å². The molecule has 1 atom stereocenters. The topological polar surface area (TPSA) is 59.2 Å². The van der Waals surface area contributed by atoms with E-state index in [0.717, 1.165) is 18.5 Å². The highest BCUT2D eigenvalue weighted by atomic mass is 35.5. The smallest absolute Gasteiger partial charge is 0.227 e. The summed E-state index contributed by atoms with van der Waals surface area (Å²) in [4.78, 5) is 22.2. The Labute approximate surface area is 186 Å². The molecular weight excluding hydrogens is 438 g/mol. The lowest BCUT2D eigenvalue weighted by molar-refractivity contribution is -0.133. The van der Waals surface area contributed by atoms with E-state index in [2.05, 4.69) is 33.0 Å². The molecule has 30 heavy (non-hydrogen) atoms. The van der Waals surface area contributed by atoms with Crippen LogP contribution in [-0.4, -0.2) is 27.5 Å². The van der Waals surface area contributed by atoms with Crippen LogP contribution >= 0.6 is 34.3 Å². The molecule has 0 unspecified atom stereocenters. The van der Waals surface area contributed by atoms with Crippen molar-refractivity contribution in [3.63, 3.8) is 0 Å². The molecule has 4 heterocycles. The molecule has 5 nitrogen and oxygen atoms in total. The van der Waals surface area contributed by atoms with E-state index in [0.29, 0.717) is 29.6 Å². The molecule has 1 aliphatic heterocycles. The Morgan fingerprint density at radius 2 is 2.03 bits per heavy atom. The van der Waals surface area contributed by atoms with Crippen molar-refractivity contribution in [2.75, 3.05) is 6.54 Å². The van der Waals surface area contributed by atoms with Crippen molar-refractivity contribution in [2.45, 2.75) is 25.3 Å². The first-order valence-electron chi connectivity index (χ1n) is 9.67. The maximum atomic E-state index is 13.2. The van der Waals surface area contributed by atoms with E-state index in [9.17, 15) is 4.79 Å². The first kappa shape index (κ1) is 19.5. The second kappa shape index (κ2) is 8.34. The Kier molecular flexibility index (Phi) is 5.41. The van der Waals surface area contributed by atoms with Crippen LogP contribution in [0.3, 0.4) is 0 Å². The van der Waals surface area contributed by atoms with Gasteiger partial charge in [0.1, 0.15) is 0 Å². The van der Waals surface area contributed by atoms with E-state index < -0.39 is 0 Å². The van der Waals surface area contributed by atoms with Crippen molar-refractivity contribution in [1.82, 2.24) is 15.0 Å². The van der Waals surface area contributed by atoms with Gasteiger partial charge in [-0.25, -0.2) is 0 Å². The fourth-order valence-corrected chi connectivity index (χ4v) is 5.65. The first-order chi connectivity index (χ1) is 14.7. The molecule has 0 bridgehead atoms. The Balaban J connectivity index is 1.30. The van der Waals surface area contributed by atoms with E-state index in [-0.39, 0.29) is 11.9 Å². The van der Waals surface area contributed by atoms with Gasteiger partial charge in [0, 0.05) is 39.7 Å². The van der Waals surface area contributed by atoms with Crippen LogP contribution in [0.25, 0.3) is 11.4 Å². The van der Waals surface area contributed by atoms with Crippen LogP contribution in [0.15, 0.2) is 57.7 Å². The van der Waals surface area contributed by atoms with Crippen LogP contribution in [-0.2, 0) is 17.6 Å². The normalized spacial score (nSPS) is 15.9. The molecule has 0 aliphatic carbocycles. The zero-order valence-corrected chi connectivity index (χ0v) is 18.3. The number of carbonyl (C=O) groups excluding carboxylic acids is 1. The first-order valence-corrected chi connectivity index (χ1v) is 11.8. The molecule has 0 saturated heterocycles. The van der Waals surface area contributed by atoms with Gasteiger partial charge in [-0.1, -0.05) is 22.8 Å². The zero-order valence-electron chi connectivity index (χ0n) is 16.0. The standard InChI is InChI=1S/C22H18ClN3O2S2/c23-15-5-3-14(4-6-15)22-24-19(28-25-22)7-8-20(27)26-11-9-17-16(10-13-30-17)21(26)18-2-1-12-29-18/h1-6,10,12-13,21H,7-9,11H2/t21-/m1/s1. The SMILES string of the molecule is O=C(CCc1nc(-c2ccc(Cl)cc2)no1)N1CCc2sccc2[C@@H]1c1cccs1. The Morgan fingerprint density at radius 1 is 1.17 bits per heavy atom. The number of thiophene rings is 2. The van der Waals surface area contributed by atoms with Crippen molar-refractivity contribution in [2.24, 2.45) is 0 Å². The quantitative estimate of drug-likeness (QED) is 0.392. The van der Waals surface area contributed by atoms with Crippen molar-refractivity contribution in [1.29, 1.82) is 0 Å². The number of rotatable bonds is 5. The Hall–Kier alpha value is -2.48. The van der Waals surface area contributed by atoms with Crippen molar-refractivity contribution >= 4 is 40.2 Å². The van der Waals surface area contributed by atoms with E-state index >= 15 is 0 Å². The van der Waals surface area contributed by atoms with Gasteiger partial charge < -0.3 is 9.42 Å². The van der Waals surface area contributed by atoms with Crippen LogP contribution in [0.1, 0.15) is 33.7 Å². The molecule has 1 aliphatic rings. The summed E-state index contributed by atoms with van der Waals surface area (Å²) in [5.41, 5.74) is 2.09. The lowest BCUT2D eigenvalue weighted by Gasteiger charge is -2.35. The number of fused-ring (bicyclic) bond motifs is 1. The highest BCUT2D eigenvalue weighted by Gasteiger charge is 2.33. The number of hydrogen-bond donors (Lipinski definition) is 0. The number of carbonyl (C=O) groups is 1. The van der Waals surface area contributed by atoms with E-state index in [1.165, 1.54) is 15.3 Å². The molecule has 0 spiro atoms. The van der Waals surface area contributed by atoms with Crippen LogP contribution in [0, 0.1) is 0 Å². The number of hydrogen-bond acceptors (Lipinski definition) is 6. The molecule has 4 aromatic rings. The largest absolute Gasteiger partial charge is 0.339 e. The maximum absolute atomic E-state index is 13.2. The van der Waals surface area contributed by atoms with Crippen LogP contribution in [0.4, 0.5) is 0 Å². The summed E-state index contributed by atoms with van der Waals surface area (Å²) in [5.74, 6) is 1.08. The molecule has 0 saturated carbocycles. The number of benzene rings is 1. The lowest BCUT2D eigenvalue weighted by Crippen LogP contribution is -2.39. The predicted octanol–water partition coefficient (Wildman–Crippen LogP) is 5.62. The number of aromatic nitrogens is 2. The summed E-state index contributed by atoms with van der Waals surface area (Å²) in [7, 11) is 0. The second-order valence-electron chi connectivity index (χ2n) is 7.07. The van der Waals surface area contributed by atoms with Gasteiger partial charge in [-0.3, -0.25) is 4.79 Å². The molecule has 0 N–H and O–H groups in total. The third-order valence-electron chi connectivity index (χ3n) is 5.22. The molecule has 0 fully saturated rings. The van der Waals surface area contributed by atoms with Gasteiger partial charge in [0.05, 0.1) is 6.04 Å². The predicted molar refractivity (Wildman–Crippen MR) is 119 cm³/mol. The number of halogens is 1. The molecule has 5 rings (SSSR count). The number of aryl methyl sites for hydroxylation is 1. The van der Waals surface area contributed by atoms with Gasteiger partial charge in [-0.2, -0.15) is 4.98 Å². The van der Waals surface area contributed by atoms with Crippen molar-refractivity contribution < 1.29 is 9.32 Å². The maximum Gasteiger partial charge on any atom is 0.227 e. The highest BCUT2D eigenvalue weighted by molar-refractivity contribution is 7.10. The van der Waals surface area contributed by atoms with Gasteiger partial charge in [-0.15, -0.1) is 22.7 Å². The average molecular weight is 456 g/mol. The number of nitrogens with zero attached hydrogens (tertiary/aromatic N) is 3. The fraction of sp³-hybridized carbons (Fsp3) is 0.227. The van der Waals surface area contributed by atoms with Gasteiger partial charge in [0.15, 0.2) is 0 Å². The van der Waals surface area contributed by atoms with Crippen LogP contribution in [0.5, 0.6) is 0 Å². The van der Waals surface area contributed by atoms with Crippen molar-refractivity contribution in [3.8, 4) is 11.4 Å². The van der Waals surface area contributed by atoms with E-state index in [1.54, 1.807) is 34.8 Å². The minimum atomic E-state index is -0.000173. The Bertz CT molecular complexity index is 1150. The van der Waals surface area contributed by atoms with Gasteiger partial charge in [0.25, 0.3) is 0 Å². The molecule has 3 aromatic heterocycles. The summed E-state index contributed by atoms with van der Waals surface area (Å²) in [6.07, 6.45) is 1.66. The highest BCUT2D eigenvalue weighted by Crippen LogP contribution is 2.39. The second-order valence-corrected chi connectivity index (χ2v) is 9.49. The molecule has 152 valence electrons. The average Bonchev–Trinajstić information content (AvgIpc) is 3.53. The fourth-order valence-electron chi connectivity index (χ4n) is 3.77. The van der Waals surface area contributed by atoms with Crippen LogP contribution < -0.4 is 0 Å². The van der Waals surface area contributed by atoms with E-state index in [4.69, 9.17) is 16.1 Å². The summed E-state index contributed by atoms with van der Waals surface area (Å²) >= 11 is 9.40. The monoisotopic (exact) mass is 455 g/mol. The minimum absolute atomic E-state index is 0.000173.